The summed E-state index contributed by atoms with van der Waals surface area (Å²) >= 11 is 0. The van der Waals surface area contributed by atoms with Crippen molar-refractivity contribution in [1.29, 1.82) is 0 Å². The molecule has 118 valence electrons. The first kappa shape index (κ1) is 17.4. The monoisotopic (exact) mass is 299 g/mol. The van der Waals surface area contributed by atoms with Crippen LogP contribution in [0.4, 0.5) is 15.8 Å². The van der Waals surface area contributed by atoms with Gasteiger partial charge in [0.05, 0.1) is 24.9 Å². The smallest absolute Gasteiger partial charge is 0.241 e. The highest BCUT2D eigenvalue weighted by molar-refractivity contribution is 5.95. The number of nitrogen functional groups attached to an aromatic ring is 1. The minimum atomic E-state index is -0.546. The van der Waals surface area contributed by atoms with Crippen molar-refractivity contribution in [3.63, 3.8) is 0 Å². The van der Waals surface area contributed by atoms with Crippen LogP contribution in [0.15, 0.2) is 18.2 Å². The van der Waals surface area contributed by atoms with E-state index >= 15 is 0 Å². The fourth-order valence-electron chi connectivity index (χ4n) is 1.88. The highest BCUT2D eigenvalue weighted by atomic mass is 19.1. The maximum atomic E-state index is 13.6. The third kappa shape index (κ3) is 5.30. The number of amides is 1. The second kappa shape index (κ2) is 8.56. The van der Waals surface area contributed by atoms with Crippen molar-refractivity contribution in [3.8, 4) is 0 Å². The Labute approximate surface area is 123 Å². The van der Waals surface area contributed by atoms with Crippen LogP contribution in [0.1, 0.15) is 6.92 Å². The number of methoxy groups -OCH3 is 1. The van der Waals surface area contributed by atoms with Gasteiger partial charge in [-0.1, -0.05) is 0 Å². The van der Waals surface area contributed by atoms with Crippen LogP contribution in [-0.2, 0) is 9.53 Å². The van der Waals surface area contributed by atoms with Gasteiger partial charge >= 0.3 is 0 Å². The Balaban J connectivity index is 2.73. The lowest BCUT2D eigenvalue weighted by Crippen LogP contribution is -2.45. The number of halogens is 1. The van der Waals surface area contributed by atoms with Crippen molar-refractivity contribution in [1.82, 2.24) is 4.90 Å². The van der Waals surface area contributed by atoms with Gasteiger partial charge in [0.15, 0.2) is 0 Å². The Morgan fingerprint density at radius 3 is 2.86 bits per heavy atom. The molecule has 1 unspecified atom stereocenters. The molecule has 6 nitrogen and oxygen atoms in total. The van der Waals surface area contributed by atoms with Gasteiger partial charge in [0, 0.05) is 25.9 Å². The van der Waals surface area contributed by atoms with Gasteiger partial charge in [0.25, 0.3) is 0 Å². The number of ether oxygens (including phenoxy) is 1. The topological polar surface area (TPSA) is 87.8 Å². The van der Waals surface area contributed by atoms with E-state index in [0.29, 0.717) is 25.4 Å². The van der Waals surface area contributed by atoms with E-state index in [9.17, 15) is 9.18 Å². The number of nitrogens with two attached hydrogens (primary N) is 1. The third-order valence-electron chi connectivity index (χ3n) is 3.15. The number of aliphatic hydroxyl groups is 1. The summed E-state index contributed by atoms with van der Waals surface area (Å²) in [6.07, 6.45) is 0. The average Bonchev–Trinajstić information content (AvgIpc) is 2.46. The number of aliphatic hydroxyl groups excluding tert-OH is 1. The second-order valence-corrected chi connectivity index (χ2v) is 4.66. The van der Waals surface area contributed by atoms with Crippen LogP contribution in [0.5, 0.6) is 0 Å². The van der Waals surface area contributed by atoms with E-state index in [1.165, 1.54) is 18.2 Å². The number of hydrogen-bond donors (Lipinski definition) is 3. The summed E-state index contributed by atoms with van der Waals surface area (Å²) < 4.78 is 18.6. The zero-order valence-electron chi connectivity index (χ0n) is 12.3. The van der Waals surface area contributed by atoms with Gasteiger partial charge in [0.2, 0.25) is 5.91 Å². The van der Waals surface area contributed by atoms with E-state index in [-0.39, 0.29) is 18.2 Å². The zero-order chi connectivity index (χ0) is 15.8. The molecule has 0 aromatic heterocycles. The average molecular weight is 299 g/mol. The second-order valence-electron chi connectivity index (χ2n) is 4.66. The minimum Gasteiger partial charge on any atom is -0.399 e. The minimum absolute atomic E-state index is 0.0440. The zero-order valence-corrected chi connectivity index (χ0v) is 12.3. The summed E-state index contributed by atoms with van der Waals surface area (Å²) in [5.41, 5.74) is 5.99. The highest BCUT2D eigenvalue weighted by Crippen LogP contribution is 2.18. The Morgan fingerprint density at radius 1 is 1.52 bits per heavy atom. The van der Waals surface area contributed by atoms with Gasteiger partial charge in [-0.2, -0.15) is 0 Å². The van der Waals surface area contributed by atoms with E-state index in [2.05, 4.69) is 5.32 Å². The van der Waals surface area contributed by atoms with Crippen LogP contribution in [0.25, 0.3) is 0 Å². The molecule has 1 rings (SSSR count). The van der Waals surface area contributed by atoms with Crippen molar-refractivity contribution < 1.29 is 19.0 Å². The summed E-state index contributed by atoms with van der Waals surface area (Å²) in [5.74, 6) is -0.917. The Morgan fingerprint density at radius 2 is 2.24 bits per heavy atom. The van der Waals surface area contributed by atoms with Crippen LogP contribution < -0.4 is 11.1 Å². The fraction of sp³-hybridized carbons (Fsp3) is 0.500. The first-order valence-electron chi connectivity index (χ1n) is 6.69. The van der Waals surface area contributed by atoms with Gasteiger partial charge in [-0.15, -0.1) is 0 Å². The number of anilines is 2. The molecule has 21 heavy (non-hydrogen) atoms. The summed E-state index contributed by atoms with van der Waals surface area (Å²) in [6, 6.07) is 3.45. The lowest BCUT2D eigenvalue weighted by molar-refractivity contribution is -0.121. The third-order valence-corrected chi connectivity index (χ3v) is 3.15. The van der Waals surface area contributed by atoms with Gasteiger partial charge in [-0.05, 0) is 25.1 Å². The van der Waals surface area contributed by atoms with Crippen LogP contribution in [0, 0.1) is 5.82 Å². The molecule has 7 heteroatoms. The van der Waals surface area contributed by atoms with Crippen molar-refractivity contribution in [2.45, 2.75) is 13.0 Å². The number of carbonyl (C=O) groups excluding carboxylic acids is 1. The molecule has 0 radical (unpaired) electrons. The van der Waals surface area contributed by atoms with Crippen LogP contribution >= 0.6 is 0 Å². The quantitative estimate of drug-likeness (QED) is 0.614. The molecule has 4 N–H and O–H groups in total. The first-order chi connectivity index (χ1) is 9.99. The maximum absolute atomic E-state index is 13.6. The SMILES string of the molecule is COCCN(CCO)C(C)C(=O)Nc1cc(N)ccc1F. The number of nitrogens with zero attached hydrogens (tertiary/aromatic N) is 1. The molecule has 0 spiro atoms. The summed E-state index contributed by atoms with van der Waals surface area (Å²) in [7, 11) is 1.56. The molecule has 0 fully saturated rings. The van der Waals surface area contributed by atoms with E-state index < -0.39 is 11.9 Å². The van der Waals surface area contributed by atoms with Gasteiger partial charge in [-0.25, -0.2) is 4.39 Å². The molecular weight excluding hydrogens is 277 g/mol. The van der Waals surface area contributed by atoms with Crippen molar-refractivity contribution in [3.05, 3.63) is 24.0 Å². The highest BCUT2D eigenvalue weighted by Gasteiger charge is 2.21. The normalized spacial score (nSPS) is 12.4. The molecule has 0 aliphatic heterocycles. The molecule has 0 bridgehead atoms. The molecule has 0 heterocycles. The van der Waals surface area contributed by atoms with Crippen molar-refractivity contribution >= 4 is 17.3 Å². The van der Waals surface area contributed by atoms with E-state index in [1.807, 2.05) is 0 Å². The Bertz CT molecular complexity index is 471. The largest absolute Gasteiger partial charge is 0.399 e. The maximum Gasteiger partial charge on any atom is 0.241 e. The molecule has 1 aromatic carbocycles. The molecule has 0 saturated carbocycles. The van der Waals surface area contributed by atoms with Crippen LogP contribution in [0.2, 0.25) is 0 Å². The molecule has 1 aromatic rings. The van der Waals surface area contributed by atoms with E-state index in [1.54, 1.807) is 18.9 Å². The van der Waals surface area contributed by atoms with Gasteiger partial charge in [0.1, 0.15) is 5.82 Å². The fourth-order valence-corrected chi connectivity index (χ4v) is 1.88. The van der Waals surface area contributed by atoms with E-state index in [4.69, 9.17) is 15.6 Å². The molecule has 0 aliphatic carbocycles. The Kier molecular flexibility index (Phi) is 7.07. The summed E-state index contributed by atoms with van der Waals surface area (Å²) in [6.45, 7) is 2.87. The Hall–Kier alpha value is -1.70. The summed E-state index contributed by atoms with van der Waals surface area (Å²) in [5, 5.41) is 11.6. The predicted molar refractivity (Wildman–Crippen MR) is 79.4 cm³/mol. The van der Waals surface area contributed by atoms with Crippen LogP contribution in [0.3, 0.4) is 0 Å². The molecule has 0 saturated heterocycles. The molecule has 1 atom stereocenters. The first-order valence-corrected chi connectivity index (χ1v) is 6.69. The molecule has 0 aliphatic rings. The van der Waals surface area contributed by atoms with E-state index in [0.717, 1.165) is 0 Å². The van der Waals surface area contributed by atoms with Crippen molar-refractivity contribution in [2.75, 3.05) is 44.5 Å². The predicted octanol–water partition coefficient (Wildman–Crippen LogP) is 0.676. The van der Waals surface area contributed by atoms with Crippen LogP contribution in [-0.4, -0.2) is 55.4 Å². The lowest BCUT2D eigenvalue weighted by Gasteiger charge is -2.27. The summed E-state index contributed by atoms with van der Waals surface area (Å²) in [4.78, 5) is 13.9. The van der Waals surface area contributed by atoms with Gasteiger partial charge < -0.3 is 20.9 Å². The molecule has 1 amide bonds. The number of hydrogen-bond acceptors (Lipinski definition) is 5. The lowest BCUT2D eigenvalue weighted by atomic mass is 10.2. The van der Waals surface area contributed by atoms with Gasteiger partial charge in [-0.3, -0.25) is 9.69 Å². The van der Waals surface area contributed by atoms with Crippen molar-refractivity contribution in [2.24, 2.45) is 0 Å². The number of carbonyl (C=O) groups is 1. The number of nitrogens with one attached hydrogen (secondary N) is 1. The number of benzene rings is 1. The molecular formula is C14H22FN3O3. The number of rotatable bonds is 8. The standard InChI is InChI=1S/C14H22FN3O3/c1-10(18(5-7-19)6-8-21-2)14(20)17-13-9-11(16)3-4-12(13)15/h3-4,9-10,19H,5-8,16H2,1-2H3,(H,17,20).